The molecule has 0 aromatic heterocycles. The molecule has 0 aliphatic rings. The summed E-state index contributed by atoms with van der Waals surface area (Å²) in [5.41, 5.74) is 6.13. The van der Waals surface area contributed by atoms with Crippen molar-refractivity contribution >= 4 is 5.69 Å². The molecule has 0 atom stereocenters. The molecule has 0 amide bonds. The summed E-state index contributed by atoms with van der Waals surface area (Å²) in [7, 11) is 1.46. The molecule has 1 aromatic carbocycles. The van der Waals surface area contributed by atoms with Crippen molar-refractivity contribution in [1.29, 1.82) is 0 Å². The molecule has 1 rings (SSSR count). The quantitative estimate of drug-likeness (QED) is 0.618. The molecule has 0 saturated heterocycles. The lowest BCUT2D eigenvalue weighted by Crippen LogP contribution is -2.10. The highest BCUT2D eigenvalue weighted by atomic mass is 16.6. The second-order valence-corrected chi connectivity index (χ2v) is 4.11. The van der Waals surface area contributed by atoms with Crippen LogP contribution in [0.2, 0.25) is 0 Å². The minimum atomic E-state index is -0.472. The third-order valence-corrected chi connectivity index (χ3v) is 2.30. The summed E-state index contributed by atoms with van der Waals surface area (Å²) in [6.07, 6.45) is 0.386. The Morgan fingerprint density at radius 1 is 1.44 bits per heavy atom. The molecule has 6 heteroatoms. The number of nitrogens with two attached hydrogens (primary N) is 1. The van der Waals surface area contributed by atoms with Crippen molar-refractivity contribution in [2.24, 2.45) is 5.73 Å². The second kappa shape index (κ2) is 6.20. The van der Waals surface area contributed by atoms with Crippen molar-refractivity contribution in [3.63, 3.8) is 0 Å². The van der Waals surface area contributed by atoms with Crippen LogP contribution in [-0.4, -0.2) is 24.7 Å². The molecule has 2 N–H and O–H groups in total. The smallest absolute Gasteiger partial charge is 0.315 e. The van der Waals surface area contributed by atoms with E-state index in [9.17, 15) is 10.1 Å². The van der Waals surface area contributed by atoms with Crippen LogP contribution in [-0.2, 0) is 6.42 Å². The Bertz CT molecular complexity index is 432. The molecule has 0 spiro atoms. The molecule has 0 heterocycles. The predicted octanol–water partition coefficient (Wildman–Crippen LogP) is 1.89. The van der Waals surface area contributed by atoms with Gasteiger partial charge in [0.15, 0.2) is 5.75 Å². The highest BCUT2D eigenvalue weighted by Gasteiger charge is 2.22. The van der Waals surface area contributed by atoms with E-state index in [1.54, 1.807) is 19.9 Å². The highest BCUT2D eigenvalue weighted by molar-refractivity contribution is 5.58. The van der Waals surface area contributed by atoms with E-state index in [-0.39, 0.29) is 17.5 Å². The minimum Gasteiger partial charge on any atom is -0.493 e. The van der Waals surface area contributed by atoms with Crippen LogP contribution in [0, 0.1) is 10.1 Å². The standard InChI is InChI=1S/C12H18N2O4/c1-8(2)18-12-10(14(15)16)6-9(4-5-13)7-11(12)17-3/h6-8H,4-5,13H2,1-3H3. The maximum absolute atomic E-state index is 11.1. The second-order valence-electron chi connectivity index (χ2n) is 4.11. The summed E-state index contributed by atoms with van der Waals surface area (Å²) in [5.74, 6) is 0.527. The van der Waals surface area contributed by atoms with Gasteiger partial charge in [-0.25, -0.2) is 0 Å². The summed E-state index contributed by atoms with van der Waals surface area (Å²) >= 11 is 0. The number of ether oxygens (including phenoxy) is 2. The van der Waals surface area contributed by atoms with Crippen LogP contribution in [0.4, 0.5) is 5.69 Å². The fourth-order valence-corrected chi connectivity index (χ4v) is 1.60. The first-order chi connectivity index (χ1) is 8.49. The number of nitro groups is 1. The molecule has 0 unspecified atom stereocenters. The van der Waals surface area contributed by atoms with Gasteiger partial charge in [0.2, 0.25) is 5.75 Å². The summed E-state index contributed by atoms with van der Waals surface area (Å²) < 4.78 is 10.6. The van der Waals surface area contributed by atoms with E-state index < -0.39 is 4.92 Å². The molecule has 100 valence electrons. The van der Waals surface area contributed by atoms with Crippen molar-refractivity contribution in [3.05, 3.63) is 27.8 Å². The zero-order valence-corrected chi connectivity index (χ0v) is 10.8. The van der Waals surface area contributed by atoms with Crippen molar-refractivity contribution in [2.45, 2.75) is 26.4 Å². The average Bonchev–Trinajstić information content (AvgIpc) is 2.29. The monoisotopic (exact) mass is 254 g/mol. The van der Waals surface area contributed by atoms with Gasteiger partial charge in [-0.2, -0.15) is 0 Å². The lowest BCUT2D eigenvalue weighted by atomic mass is 10.1. The molecule has 0 saturated carbocycles. The number of methoxy groups -OCH3 is 1. The number of rotatable bonds is 6. The molecule has 0 fully saturated rings. The number of benzene rings is 1. The third kappa shape index (κ3) is 3.33. The fourth-order valence-electron chi connectivity index (χ4n) is 1.60. The summed E-state index contributed by atoms with van der Waals surface area (Å²) in [4.78, 5) is 10.6. The van der Waals surface area contributed by atoms with E-state index in [1.807, 2.05) is 0 Å². The van der Waals surface area contributed by atoms with Crippen LogP contribution in [0.15, 0.2) is 12.1 Å². The largest absolute Gasteiger partial charge is 0.493 e. The van der Waals surface area contributed by atoms with Gasteiger partial charge < -0.3 is 15.2 Å². The molecule has 0 bridgehead atoms. The lowest BCUT2D eigenvalue weighted by molar-refractivity contribution is -0.386. The zero-order valence-electron chi connectivity index (χ0n) is 10.8. The Morgan fingerprint density at radius 3 is 2.56 bits per heavy atom. The van der Waals surface area contributed by atoms with E-state index in [0.717, 1.165) is 5.56 Å². The molecule has 0 aliphatic heterocycles. The normalized spacial score (nSPS) is 10.5. The summed E-state index contributed by atoms with van der Waals surface area (Å²) in [6.45, 7) is 4.03. The number of hydrogen-bond donors (Lipinski definition) is 1. The lowest BCUT2D eigenvalue weighted by Gasteiger charge is -2.14. The third-order valence-electron chi connectivity index (χ3n) is 2.30. The van der Waals surface area contributed by atoms with Crippen LogP contribution in [0.25, 0.3) is 0 Å². The first-order valence-corrected chi connectivity index (χ1v) is 5.71. The van der Waals surface area contributed by atoms with Crippen LogP contribution in [0.5, 0.6) is 11.5 Å². The van der Waals surface area contributed by atoms with Crippen molar-refractivity contribution in [1.82, 2.24) is 0 Å². The molecule has 1 aromatic rings. The van der Waals surface area contributed by atoms with Gasteiger partial charge in [0, 0.05) is 6.07 Å². The summed E-state index contributed by atoms with van der Waals surface area (Å²) in [6, 6.07) is 3.20. The Hall–Kier alpha value is -1.82. The zero-order chi connectivity index (χ0) is 13.7. The molecular weight excluding hydrogens is 236 g/mol. The average molecular weight is 254 g/mol. The SMILES string of the molecule is COc1cc(CCN)cc([N+](=O)[O-])c1OC(C)C. The Kier molecular flexibility index (Phi) is 4.91. The van der Waals surface area contributed by atoms with Gasteiger partial charge in [-0.1, -0.05) is 0 Å². The minimum absolute atomic E-state index is 0.0912. The molecule has 6 nitrogen and oxygen atoms in total. The van der Waals surface area contributed by atoms with Crippen molar-refractivity contribution < 1.29 is 14.4 Å². The van der Waals surface area contributed by atoms with E-state index in [0.29, 0.717) is 18.7 Å². The number of nitrogens with zero attached hydrogens (tertiary/aromatic N) is 1. The van der Waals surface area contributed by atoms with Gasteiger partial charge in [0.05, 0.1) is 18.1 Å². The maximum atomic E-state index is 11.1. The van der Waals surface area contributed by atoms with Crippen LogP contribution in [0.1, 0.15) is 19.4 Å². The van der Waals surface area contributed by atoms with Crippen LogP contribution in [0.3, 0.4) is 0 Å². The number of nitro benzene ring substituents is 1. The topological polar surface area (TPSA) is 87.6 Å². The van der Waals surface area contributed by atoms with Gasteiger partial charge >= 0.3 is 5.69 Å². The molecule has 0 radical (unpaired) electrons. The van der Waals surface area contributed by atoms with E-state index in [1.165, 1.54) is 13.2 Å². The van der Waals surface area contributed by atoms with E-state index >= 15 is 0 Å². The van der Waals surface area contributed by atoms with Gasteiger partial charge in [-0.3, -0.25) is 10.1 Å². The van der Waals surface area contributed by atoms with E-state index in [4.69, 9.17) is 15.2 Å². The Labute approximate surface area is 106 Å². The fraction of sp³-hybridized carbons (Fsp3) is 0.500. The first kappa shape index (κ1) is 14.2. The van der Waals surface area contributed by atoms with Crippen LogP contribution >= 0.6 is 0 Å². The van der Waals surface area contributed by atoms with Gasteiger partial charge in [-0.15, -0.1) is 0 Å². The van der Waals surface area contributed by atoms with Gasteiger partial charge in [0.25, 0.3) is 0 Å². The van der Waals surface area contributed by atoms with Gasteiger partial charge in [0.1, 0.15) is 0 Å². The van der Waals surface area contributed by atoms with Crippen molar-refractivity contribution in [2.75, 3.05) is 13.7 Å². The van der Waals surface area contributed by atoms with Gasteiger partial charge in [-0.05, 0) is 38.4 Å². The van der Waals surface area contributed by atoms with E-state index in [2.05, 4.69) is 0 Å². The molecular formula is C12H18N2O4. The van der Waals surface area contributed by atoms with Crippen molar-refractivity contribution in [3.8, 4) is 11.5 Å². The van der Waals surface area contributed by atoms with Crippen LogP contribution < -0.4 is 15.2 Å². The predicted molar refractivity (Wildman–Crippen MR) is 68.2 cm³/mol. The Morgan fingerprint density at radius 2 is 2.11 bits per heavy atom. The molecule has 0 aliphatic carbocycles. The number of hydrogen-bond acceptors (Lipinski definition) is 5. The summed E-state index contributed by atoms with van der Waals surface area (Å²) in [5, 5.41) is 11.1. The Balaban J connectivity index is 3.31. The first-order valence-electron chi connectivity index (χ1n) is 5.71. The maximum Gasteiger partial charge on any atom is 0.315 e. The molecule has 18 heavy (non-hydrogen) atoms. The highest BCUT2D eigenvalue weighted by Crippen LogP contribution is 2.39.